The van der Waals surface area contributed by atoms with Gasteiger partial charge in [0.15, 0.2) is 5.78 Å². The fourth-order valence-electron chi connectivity index (χ4n) is 0.210. The van der Waals surface area contributed by atoms with E-state index in [0.29, 0.717) is 0 Å². The molecule has 0 fully saturated rings. The number of halogens is 1. The first-order valence-electron chi connectivity index (χ1n) is 1.96. The quantitative estimate of drug-likeness (QED) is 0.560. The van der Waals surface area contributed by atoms with Gasteiger partial charge in [-0.25, -0.2) is 4.39 Å². The summed E-state index contributed by atoms with van der Waals surface area (Å²) in [5.74, 6) is -1.22. The van der Waals surface area contributed by atoms with Gasteiger partial charge in [-0.2, -0.15) is 8.42 Å². The van der Waals surface area contributed by atoms with E-state index in [1.165, 1.54) is 0 Å². The van der Waals surface area contributed by atoms with Crippen LogP contribution in [0.4, 0.5) is 4.39 Å². The van der Waals surface area contributed by atoms with Crippen LogP contribution in [0.2, 0.25) is 0 Å². The van der Waals surface area contributed by atoms with Crippen LogP contribution in [0.1, 0.15) is 6.92 Å². The van der Waals surface area contributed by atoms with Crippen molar-refractivity contribution in [2.45, 2.75) is 12.4 Å². The van der Waals surface area contributed by atoms with E-state index in [9.17, 15) is 17.6 Å². The second kappa shape index (κ2) is 2.40. The van der Waals surface area contributed by atoms with Crippen molar-refractivity contribution >= 4 is 15.9 Å². The topological polar surface area (TPSA) is 71.4 Å². The molecule has 1 atom stereocenters. The van der Waals surface area contributed by atoms with E-state index in [1.54, 1.807) is 0 Å². The maximum Gasteiger partial charge on any atom is 0.305 e. The molecule has 0 saturated heterocycles. The number of carbonyl (C=O) groups is 1. The highest BCUT2D eigenvalue weighted by Gasteiger charge is 2.26. The molecule has 6 heteroatoms. The molecule has 0 aliphatic carbocycles. The van der Waals surface area contributed by atoms with E-state index in [2.05, 4.69) is 0 Å². The zero-order valence-corrected chi connectivity index (χ0v) is 5.35. The summed E-state index contributed by atoms with van der Waals surface area (Å²) in [6.45, 7) is 0.735. The first kappa shape index (κ1) is 8.51. The van der Waals surface area contributed by atoms with Gasteiger partial charge < -0.3 is 0 Å². The molecule has 0 spiro atoms. The molecule has 0 radical (unpaired) electrons. The highest BCUT2D eigenvalue weighted by molar-refractivity contribution is 7.87. The Labute approximate surface area is 51.4 Å². The summed E-state index contributed by atoms with van der Waals surface area (Å²) >= 11 is 0. The molecular weight excluding hydrogens is 151 g/mol. The summed E-state index contributed by atoms with van der Waals surface area (Å²) in [6.07, 6.45) is 0. The highest BCUT2D eigenvalue weighted by atomic mass is 32.2. The molecule has 0 aliphatic rings. The van der Waals surface area contributed by atoms with E-state index in [4.69, 9.17) is 4.55 Å². The summed E-state index contributed by atoms with van der Waals surface area (Å²) in [5, 5.41) is 0. The van der Waals surface area contributed by atoms with Crippen LogP contribution in [-0.2, 0) is 14.9 Å². The van der Waals surface area contributed by atoms with Gasteiger partial charge in [-0.05, 0) is 6.92 Å². The first-order chi connectivity index (χ1) is 3.85. The number of hydrogen-bond acceptors (Lipinski definition) is 3. The smallest absolute Gasteiger partial charge is 0.295 e. The molecular formula is C3H5FO4S. The lowest BCUT2D eigenvalue weighted by Gasteiger charge is -1.96. The molecule has 0 rings (SSSR count). The van der Waals surface area contributed by atoms with Crippen molar-refractivity contribution < 1.29 is 22.2 Å². The van der Waals surface area contributed by atoms with Crippen LogP contribution >= 0.6 is 0 Å². The van der Waals surface area contributed by atoms with Crippen LogP contribution in [0.3, 0.4) is 0 Å². The lowest BCUT2D eigenvalue weighted by atomic mass is 10.5. The average Bonchev–Trinajstić information content (AvgIpc) is 1.62. The van der Waals surface area contributed by atoms with Crippen LogP contribution in [0, 0.1) is 0 Å². The Morgan fingerprint density at radius 2 is 2.00 bits per heavy atom. The van der Waals surface area contributed by atoms with Gasteiger partial charge in [0, 0.05) is 0 Å². The predicted molar refractivity (Wildman–Crippen MR) is 27.1 cm³/mol. The van der Waals surface area contributed by atoms with Gasteiger partial charge in [0.05, 0.1) is 0 Å². The summed E-state index contributed by atoms with van der Waals surface area (Å²) in [7, 11) is -4.82. The number of hydrogen-bond donors (Lipinski definition) is 1. The van der Waals surface area contributed by atoms with Gasteiger partial charge >= 0.3 is 10.1 Å². The van der Waals surface area contributed by atoms with Crippen molar-refractivity contribution in [3.63, 3.8) is 0 Å². The van der Waals surface area contributed by atoms with E-state index >= 15 is 0 Å². The third-order valence-electron chi connectivity index (χ3n) is 0.581. The van der Waals surface area contributed by atoms with Crippen molar-refractivity contribution in [3.05, 3.63) is 0 Å². The first-order valence-corrected chi connectivity index (χ1v) is 3.47. The number of Topliss-reactive ketones (excluding diaryl/α,β-unsaturated/α-hetero) is 1. The SMILES string of the molecule is CC(=O)C(F)S(=O)(=O)O. The molecule has 0 aromatic heterocycles. The summed E-state index contributed by atoms with van der Waals surface area (Å²) < 4.78 is 39.1. The molecule has 9 heavy (non-hydrogen) atoms. The van der Waals surface area contributed by atoms with Crippen molar-refractivity contribution in [3.8, 4) is 0 Å². The van der Waals surface area contributed by atoms with Crippen molar-refractivity contribution in [1.29, 1.82) is 0 Å². The Morgan fingerprint density at radius 1 is 1.67 bits per heavy atom. The number of carbonyl (C=O) groups excluding carboxylic acids is 1. The van der Waals surface area contributed by atoms with Crippen molar-refractivity contribution in [1.82, 2.24) is 0 Å². The molecule has 0 aromatic rings. The second-order valence-corrected chi connectivity index (χ2v) is 2.89. The van der Waals surface area contributed by atoms with E-state index in [-0.39, 0.29) is 0 Å². The molecule has 1 N–H and O–H groups in total. The largest absolute Gasteiger partial charge is 0.305 e. The van der Waals surface area contributed by atoms with Crippen LogP contribution in [-0.4, -0.2) is 24.3 Å². The summed E-state index contributed by atoms with van der Waals surface area (Å²) in [6, 6.07) is 0. The summed E-state index contributed by atoms with van der Waals surface area (Å²) in [5.41, 5.74) is -2.79. The molecule has 0 aromatic carbocycles. The fraction of sp³-hybridized carbons (Fsp3) is 0.667. The van der Waals surface area contributed by atoms with Gasteiger partial charge in [0.2, 0.25) is 0 Å². The molecule has 1 unspecified atom stereocenters. The maximum absolute atomic E-state index is 11.8. The zero-order chi connectivity index (χ0) is 7.65. The molecule has 0 bridgehead atoms. The summed E-state index contributed by atoms with van der Waals surface area (Å²) in [4.78, 5) is 9.88. The Bertz CT molecular complexity index is 206. The second-order valence-electron chi connectivity index (χ2n) is 1.44. The molecule has 54 valence electrons. The Morgan fingerprint density at radius 3 is 2.00 bits per heavy atom. The number of rotatable bonds is 2. The lowest BCUT2D eigenvalue weighted by molar-refractivity contribution is -0.119. The highest BCUT2D eigenvalue weighted by Crippen LogP contribution is 1.99. The van der Waals surface area contributed by atoms with Gasteiger partial charge in [-0.3, -0.25) is 9.35 Å². The average molecular weight is 156 g/mol. The minimum atomic E-state index is -4.82. The van der Waals surface area contributed by atoms with Crippen LogP contribution in [0.5, 0.6) is 0 Å². The molecule has 0 saturated carbocycles. The molecule has 0 amide bonds. The third-order valence-corrected chi connectivity index (χ3v) is 1.44. The van der Waals surface area contributed by atoms with Gasteiger partial charge in [-0.1, -0.05) is 0 Å². The predicted octanol–water partition coefficient (Wildman–Crippen LogP) is -0.241. The van der Waals surface area contributed by atoms with Gasteiger partial charge in [0.1, 0.15) is 0 Å². The van der Waals surface area contributed by atoms with Gasteiger partial charge in [0.25, 0.3) is 5.50 Å². The third kappa shape index (κ3) is 2.52. The van der Waals surface area contributed by atoms with Crippen molar-refractivity contribution in [2.24, 2.45) is 0 Å². The standard InChI is InChI=1S/C3H5FO4S/c1-2(5)3(4)9(6,7)8/h3H,1H3,(H,6,7,8). The monoisotopic (exact) mass is 156 g/mol. The maximum atomic E-state index is 11.8. The zero-order valence-electron chi connectivity index (χ0n) is 4.54. The van der Waals surface area contributed by atoms with E-state index in [0.717, 1.165) is 6.92 Å². The number of ketones is 1. The lowest BCUT2D eigenvalue weighted by Crippen LogP contribution is -2.22. The Hall–Kier alpha value is -0.490. The van der Waals surface area contributed by atoms with E-state index in [1.807, 2.05) is 0 Å². The molecule has 4 nitrogen and oxygen atoms in total. The van der Waals surface area contributed by atoms with Gasteiger partial charge in [-0.15, -0.1) is 0 Å². The van der Waals surface area contributed by atoms with E-state index < -0.39 is 21.4 Å². The number of alkyl halides is 1. The molecule has 0 heterocycles. The van der Waals surface area contributed by atoms with Crippen molar-refractivity contribution in [2.75, 3.05) is 0 Å². The Kier molecular flexibility index (Phi) is 2.27. The minimum Gasteiger partial charge on any atom is -0.295 e. The molecule has 0 aliphatic heterocycles. The fourth-order valence-corrected chi connectivity index (χ4v) is 0.629. The minimum absolute atomic E-state index is 0.735. The Balaban J connectivity index is 4.43. The van der Waals surface area contributed by atoms with Crippen LogP contribution in [0.15, 0.2) is 0 Å². The van der Waals surface area contributed by atoms with Crippen LogP contribution in [0.25, 0.3) is 0 Å². The van der Waals surface area contributed by atoms with Crippen LogP contribution < -0.4 is 0 Å². The normalized spacial score (nSPS) is 15.0.